The third-order valence-electron chi connectivity index (χ3n) is 3.03. The van der Waals surface area contributed by atoms with Crippen molar-refractivity contribution in [1.29, 1.82) is 0 Å². The second-order valence-corrected chi connectivity index (χ2v) is 4.78. The van der Waals surface area contributed by atoms with Crippen molar-refractivity contribution >= 4 is 11.5 Å². The molecule has 1 aromatic heterocycles. The van der Waals surface area contributed by atoms with Crippen molar-refractivity contribution in [3.63, 3.8) is 0 Å². The van der Waals surface area contributed by atoms with Gasteiger partial charge in [-0.3, -0.25) is 0 Å². The summed E-state index contributed by atoms with van der Waals surface area (Å²) in [6.45, 7) is 8.44. The van der Waals surface area contributed by atoms with Gasteiger partial charge in [-0.15, -0.1) is 0 Å². The number of aromatic nitrogens is 1. The minimum Gasteiger partial charge on any atom is -0.397 e. The van der Waals surface area contributed by atoms with Gasteiger partial charge in [0.2, 0.25) is 0 Å². The Labute approximate surface area is 104 Å². The minimum absolute atomic E-state index is 0.604. The van der Waals surface area contributed by atoms with E-state index in [4.69, 9.17) is 5.73 Å². The van der Waals surface area contributed by atoms with Crippen LogP contribution in [-0.2, 0) is 0 Å². The maximum Gasteiger partial charge on any atom is 0.126 e. The van der Waals surface area contributed by atoms with E-state index >= 15 is 0 Å². The van der Waals surface area contributed by atoms with E-state index in [0.717, 1.165) is 36.6 Å². The first-order valence-electron chi connectivity index (χ1n) is 6.17. The summed E-state index contributed by atoms with van der Waals surface area (Å²) in [5.41, 5.74) is 7.54. The molecule has 17 heavy (non-hydrogen) atoms. The summed E-state index contributed by atoms with van der Waals surface area (Å²) < 4.78 is 0. The number of pyridine rings is 1. The number of nitrogens with zero attached hydrogens (tertiary/aromatic N) is 2. The molecule has 0 aromatic carbocycles. The summed E-state index contributed by atoms with van der Waals surface area (Å²) in [7, 11) is 2.15. The number of nitrogen functional groups attached to an aromatic ring is 1. The average molecular weight is 236 g/mol. The van der Waals surface area contributed by atoms with E-state index in [1.807, 2.05) is 13.0 Å². The highest BCUT2D eigenvalue weighted by atomic mass is 15.1. The summed E-state index contributed by atoms with van der Waals surface area (Å²) in [4.78, 5) is 6.58. The van der Waals surface area contributed by atoms with E-state index in [1.54, 1.807) is 6.20 Å². The van der Waals surface area contributed by atoms with Crippen LogP contribution < -0.4 is 11.1 Å². The first kappa shape index (κ1) is 13.8. The van der Waals surface area contributed by atoms with Crippen LogP contribution in [0.5, 0.6) is 0 Å². The predicted molar refractivity (Wildman–Crippen MR) is 74.3 cm³/mol. The molecule has 1 rings (SSSR count). The van der Waals surface area contributed by atoms with Crippen LogP contribution in [0.3, 0.4) is 0 Å². The molecular formula is C13H24N4. The highest BCUT2D eigenvalue weighted by molar-refractivity contribution is 5.50. The number of anilines is 2. The zero-order valence-electron chi connectivity index (χ0n) is 11.3. The molecule has 0 spiro atoms. The van der Waals surface area contributed by atoms with Crippen LogP contribution in [-0.4, -0.2) is 36.1 Å². The van der Waals surface area contributed by atoms with Gasteiger partial charge in [0.25, 0.3) is 0 Å². The zero-order chi connectivity index (χ0) is 12.8. The van der Waals surface area contributed by atoms with Crippen molar-refractivity contribution < 1.29 is 0 Å². The largest absolute Gasteiger partial charge is 0.397 e. The Morgan fingerprint density at radius 3 is 2.76 bits per heavy atom. The molecule has 3 N–H and O–H groups in total. The molecule has 0 amide bonds. The molecule has 96 valence electrons. The highest BCUT2D eigenvalue weighted by Crippen LogP contribution is 2.12. The molecule has 4 nitrogen and oxygen atoms in total. The van der Waals surface area contributed by atoms with Crippen molar-refractivity contribution in [1.82, 2.24) is 9.88 Å². The van der Waals surface area contributed by atoms with Gasteiger partial charge in [-0.2, -0.15) is 0 Å². The molecule has 0 saturated carbocycles. The fourth-order valence-electron chi connectivity index (χ4n) is 1.47. The Hall–Kier alpha value is -1.29. The van der Waals surface area contributed by atoms with Crippen LogP contribution in [0.15, 0.2) is 12.3 Å². The topological polar surface area (TPSA) is 54.2 Å². The summed E-state index contributed by atoms with van der Waals surface area (Å²) in [6, 6.07) is 2.59. The van der Waals surface area contributed by atoms with Gasteiger partial charge in [0.05, 0.1) is 11.9 Å². The molecule has 1 heterocycles. The second-order valence-electron chi connectivity index (χ2n) is 4.78. The lowest BCUT2D eigenvalue weighted by atomic mass is 10.2. The predicted octanol–water partition coefficient (Wildman–Crippen LogP) is 2.11. The fourth-order valence-corrected chi connectivity index (χ4v) is 1.47. The molecule has 0 aliphatic carbocycles. The fraction of sp³-hybridized carbons (Fsp3) is 0.615. The molecule has 0 atom stereocenters. The third kappa shape index (κ3) is 4.61. The maximum absolute atomic E-state index is 5.72. The van der Waals surface area contributed by atoms with Crippen molar-refractivity contribution in [2.24, 2.45) is 0 Å². The first-order chi connectivity index (χ1) is 8.00. The molecule has 0 unspecified atom stereocenters. The standard InChI is InChI=1S/C13H24N4/c1-10(2)17(4)7-5-6-15-13-8-11(3)12(14)9-16-13/h8-10H,5-7,14H2,1-4H3,(H,15,16). The molecule has 0 radical (unpaired) electrons. The monoisotopic (exact) mass is 236 g/mol. The molecule has 0 aliphatic heterocycles. The quantitative estimate of drug-likeness (QED) is 0.743. The lowest BCUT2D eigenvalue weighted by Crippen LogP contribution is -2.28. The van der Waals surface area contributed by atoms with E-state index in [0.29, 0.717) is 6.04 Å². The van der Waals surface area contributed by atoms with Crippen molar-refractivity contribution in [2.75, 3.05) is 31.2 Å². The Morgan fingerprint density at radius 2 is 2.18 bits per heavy atom. The minimum atomic E-state index is 0.604. The van der Waals surface area contributed by atoms with Crippen LogP contribution in [0.1, 0.15) is 25.8 Å². The number of hydrogen-bond donors (Lipinski definition) is 2. The molecule has 1 aromatic rings. The number of nitrogens with one attached hydrogen (secondary N) is 1. The van der Waals surface area contributed by atoms with E-state index in [9.17, 15) is 0 Å². The van der Waals surface area contributed by atoms with E-state index in [2.05, 4.69) is 36.1 Å². The molecular weight excluding hydrogens is 212 g/mol. The van der Waals surface area contributed by atoms with Gasteiger partial charge in [-0.1, -0.05) is 0 Å². The van der Waals surface area contributed by atoms with Gasteiger partial charge < -0.3 is 16.0 Å². The van der Waals surface area contributed by atoms with Crippen LogP contribution in [0.2, 0.25) is 0 Å². The Balaban J connectivity index is 2.29. The summed E-state index contributed by atoms with van der Waals surface area (Å²) in [5.74, 6) is 0.906. The van der Waals surface area contributed by atoms with Crippen LogP contribution in [0.25, 0.3) is 0 Å². The number of rotatable bonds is 6. The maximum atomic E-state index is 5.72. The molecule has 0 bridgehead atoms. The molecule has 0 aliphatic rings. The summed E-state index contributed by atoms with van der Waals surface area (Å²) in [6.07, 6.45) is 2.82. The van der Waals surface area contributed by atoms with E-state index in [-0.39, 0.29) is 0 Å². The zero-order valence-corrected chi connectivity index (χ0v) is 11.3. The SMILES string of the molecule is Cc1cc(NCCCN(C)C(C)C)ncc1N. The molecule has 0 saturated heterocycles. The van der Waals surface area contributed by atoms with Gasteiger partial charge in [-0.25, -0.2) is 4.98 Å². The van der Waals surface area contributed by atoms with E-state index < -0.39 is 0 Å². The summed E-state index contributed by atoms with van der Waals surface area (Å²) in [5, 5.41) is 3.31. The molecule has 4 heteroatoms. The smallest absolute Gasteiger partial charge is 0.126 e. The van der Waals surface area contributed by atoms with Gasteiger partial charge in [0.1, 0.15) is 5.82 Å². The normalized spacial score (nSPS) is 11.2. The van der Waals surface area contributed by atoms with Crippen LogP contribution in [0.4, 0.5) is 11.5 Å². The van der Waals surface area contributed by atoms with Gasteiger partial charge in [0, 0.05) is 12.6 Å². The first-order valence-corrected chi connectivity index (χ1v) is 6.17. The van der Waals surface area contributed by atoms with Gasteiger partial charge >= 0.3 is 0 Å². The highest BCUT2D eigenvalue weighted by Gasteiger charge is 2.02. The Bertz CT molecular complexity index is 349. The summed E-state index contributed by atoms with van der Waals surface area (Å²) >= 11 is 0. The number of aryl methyl sites for hydroxylation is 1. The van der Waals surface area contributed by atoms with Crippen molar-refractivity contribution in [2.45, 2.75) is 33.2 Å². The average Bonchev–Trinajstić information content (AvgIpc) is 2.28. The lowest BCUT2D eigenvalue weighted by Gasteiger charge is -2.20. The second kappa shape index (κ2) is 6.45. The van der Waals surface area contributed by atoms with Crippen LogP contribution in [0, 0.1) is 6.92 Å². The number of nitrogens with two attached hydrogens (primary N) is 1. The Morgan fingerprint density at radius 1 is 1.47 bits per heavy atom. The number of hydrogen-bond acceptors (Lipinski definition) is 4. The lowest BCUT2D eigenvalue weighted by molar-refractivity contribution is 0.273. The van der Waals surface area contributed by atoms with Gasteiger partial charge in [-0.05, 0) is 52.4 Å². The van der Waals surface area contributed by atoms with Crippen LogP contribution >= 0.6 is 0 Å². The third-order valence-corrected chi connectivity index (χ3v) is 3.03. The molecule has 0 fully saturated rings. The van der Waals surface area contributed by atoms with Crippen molar-refractivity contribution in [3.05, 3.63) is 17.8 Å². The van der Waals surface area contributed by atoms with E-state index in [1.165, 1.54) is 0 Å². The van der Waals surface area contributed by atoms with Crippen molar-refractivity contribution in [3.8, 4) is 0 Å². The Kier molecular flexibility index (Phi) is 5.22. The van der Waals surface area contributed by atoms with Gasteiger partial charge in [0.15, 0.2) is 0 Å².